The first-order chi connectivity index (χ1) is 8.99. The molecule has 4 N–H and O–H groups in total. The van der Waals surface area contributed by atoms with Gasteiger partial charge >= 0.3 is 0 Å². The van der Waals surface area contributed by atoms with Crippen LogP contribution in [0.3, 0.4) is 0 Å². The third-order valence-corrected chi connectivity index (χ3v) is 3.37. The maximum Gasteiger partial charge on any atom is 0.202 e. The minimum Gasteiger partial charge on any atom is -0.508 e. The molecule has 3 rings (SSSR count). The Morgan fingerprint density at radius 2 is 1.79 bits per heavy atom. The van der Waals surface area contributed by atoms with Crippen molar-refractivity contribution < 1.29 is 24.8 Å². The normalized spacial score (nSPS) is 22.4. The van der Waals surface area contributed by atoms with Crippen molar-refractivity contribution in [1.29, 1.82) is 0 Å². The molecule has 1 heterocycles. The standard InChI is InChI=1S/C13H12O6/c14-5-3-8(17)10-9(4-5)19-13-7(16)2-1-6(15)11(13)12(10)18/h3-4,6-7,14-17H,1-2H2/t6-,7+/m0/s1. The average molecular weight is 264 g/mol. The molecule has 2 aromatic rings. The molecule has 0 saturated carbocycles. The number of rotatable bonds is 0. The van der Waals surface area contributed by atoms with E-state index in [1.165, 1.54) is 6.07 Å². The fourth-order valence-electron chi connectivity index (χ4n) is 2.47. The van der Waals surface area contributed by atoms with Gasteiger partial charge in [0.2, 0.25) is 5.43 Å². The first-order valence-electron chi connectivity index (χ1n) is 5.87. The molecule has 1 aromatic heterocycles. The van der Waals surface area contributed by atoms with Crippen LogP contribution in [0.2, 0.25) is 0 Å². The topological polar surface area (TPSA) is 111 Å². The van der Waals surface area contributed by atoms with Crippen LogP contribution in [0, 0.1) is 0 Å². The highest BCUT2D eigenvalue weighted by atomic mass is 16.4. The number of aliphatic hydroxyl groups excluding tert-OH is 2. The lowest BCUT2D eigenvalue weighted by Gasteiger charge is -2.23. The second-order valence-electron chi connectivity index (χ2n) is 4.66. The van der Waals surface area contributed by atoms with Crippen LogP contribution in [0.5, 0.6) is 11.5 Å². The van der Waals surface area contributed by atoms with E-state index in [4.69, 9.17) is 4.42 Å². The lowest BCUT2D eigenvalue weighted by molar-refractivity contribution is 0.0715. The summed E-state index contributed by atoms with van der Waals surface area (Å²) in [4.78, 5) is 12.3. The molecule has 0 saturated heterocycles. The molecule has 0 bridgehead atoms. The highest BCUT2D eigenvalue weighted by Crippen LogP contribution is 2.38. The highest BCUT2D eigenvalue weighted by Gasteiger charge is 2.31. The van der Waals surface area contributed by atoms with Gasteiger partial charge in [-0.3, -0.25) is 4.79 Å². The molecule has 6 nitrogen and oxygen atoms in total. The fraction of sp³-hybridized carbons (Fsp3) is 0.308. The Labute approximate surface area is 107 Å². The zero-order valence-electron chi connectivity index (χ0n) is 9.83. The monoisotopic (exact) mass is 264 g/mol. The largest absolute Gasteiger partial charge is 0.508 e. The van der Waals surface area contributed by atoms with Gasteiger partial charge in [-0.15, -0.1) is 0 Å². The third kappa shape index (κ3) is 1.68. The maximum atomic E-state index is 12.3. The zero-order chi connectivity index (χ0) is 13.7. The number of phenols is 2. The van der Waals surface area contributed by atoms with E-state index in [0.29, 0.717) is 0 Å². The Kier molecular flexibility index (Phi) is 2.51. The summed E-state index contributed by atoms with van der Waals surface area (Å²) in [5.41, 5.74) is -0.623. The van der Waals surface area contributed by atoms with Gasteiger partial charge in [0.25, 0.3) is 0 Å². The number of aliphatic hydroxyl groups is 2. The molecule has 0 fully saturated rings. The van der Waals surface area contributed by atoms with Gasteiger partial charge in [0.1, 0.15) is 34.3 Å². The predicted octanol–water partition coefficient (Wildman–Crippen LogP) is 1.06. The minimum absolute atomic E-state index is 0.00116. The van der Waals surface area contributed by atoms with Gasteiger partial charge in [-0.05, 0) is 12.8 Å². The number of hydrogen-bond donors (Lipinski definition) is 4. The van der Waals surface area contributed by atoms with Crippen LogP contribution in [-0.2, 0) is 0 Å². The van der Waals surface area contributed by atoms with E-state index in [1.54, 1.807) is 0 Å². The van der Waals surface area contributed by atoms with Crippen molar-refractivity contribution in [2.75, 3.05) is 0 Å². The summed E-state index contributed by atoms with van der Waals surface area (Å²) in [6.07, 6.45) is -1.45. The first-order valence-corrected chi connectivity index (χ1v) is 5.87. The van der Waals surface area contributed by atoms with Crippen LogP contribution in [0.1, 0.15) is 36.4 Å². The van der Waals surface area contributed by atoms with Crippen LogP contribution in [0.4, 0.5) is 0 Å². The summed E-state index contributed by atoms with van der Waals surface area (Å²) in [5.74, 6) is -0.668. The molecule has 1 aliphatic rings. The van der Waals surface area contributed by atoms with E-state index in [1.807, 2.05) is 0 Å². The van der Waals surface area contributed by atoms with Crippen molar-refractivity contribution in [2.24, 2.45) is 0 Å². The molecule has 19 heavy (non-hydrogen) atoms. The van der Waals surface area contributed by atoms with Gasteiger partial charge in [-0.2, -0.15) is 0 Å². The molecule has 2 atom stereocenters. The van der Waals surface area contributed by atoms with Crippen molar-refractivity contribution in [3.05, 3.63) is 33.7 Å². The number of hydrogen-bond acceptors (Lipinski definition) is 6. The van der Waals surface area contributed by atoms with Crippen LogP contribution >= 0.6 is 0 Å². The van der Waals surface area contributed by atoms with E-state index >= 15 is 0 Å². The molecular weight excluding hydrogens is 252 g/mol. The Morgan fingerprint density at radius 3 is 2.53 bits per heavy atom. The smallest absolute Gasteiger partial charge is 0.202 e. The molecule has 1 aliphatic carbocycles. The lowest BCUT2D eigenvalue weighted by atomic mass is 9.91. The Morgan fingerprint density at radius 1 is 1.11 bits per heavy atom. The summed E-state index contributed by atoms with van der Waals surface area (Å²) in [6.45, 7) is 0. The van der Waals surface area contributed by atoms with Crippen LogP contribution in [0.15, 0.2) is 21.3 Å². The van der Waals surface area contributed by atoms with Crippen LogP contribution in [0.25, 0.3) is 11.0 Å². The van der Waals surface area contributed by atoms with Gasteiger partial charge in [0.05, 0.1) is 11.7 Å². The van der Waals surface area contributed by atoms with Crippen molar-refractivity contribution >= 4 is 11.0 Å². The Balaban J connectivity index is 2.46. The van der Waals surface area contributed by atoms with E-state index in [0.717, 1.165) is 6.07 Å². The van der Waals surface area contributed by atoms with E-state index in [2.05, 4.69) is 0 Å². The molecule has 1 aromatic carbocycles. The third-order valence-electron chi connectivity index (χ3n) is 3.37. The summed E-state index contributed by atoms with van der Waals surface area (Å²) < 4.78 is 5.38. The average Bonchev–Trinajstić information content (AvgIpc) is 2.32. The molecule has 0 unspecified atom stereocenters. The number of phenolic OH excluding ortho intramolecular Hbond substituents is 2. The second-order valence-corrected chi connectivity index (χ2v) is 4.66. The molecule has 0 radical (unpaired) electrons. The number of aromatic hydroxyl groups is 2. The van der Waals surface area contributed by atoms with Crippen LogP contribution in [-0.4, -0.2) is 20.4 Å². The summed E-state index contributed by atoms with van der Waals surface area (Å²) >= 11 is 0. The molecular formula is C13H12O6. The zero-order valence-corrected chi connectivity index (χ0v) is 9.83. The van der Waals surface area contributed by atoms with Gasteiger partial charge in [-0.25, -0.2) is 0 Å². The highest BCUT2D eigenvalue weighted by molar-refractivity contribution is 5.85. The van der Waals surface area contributed by atoms with Crippen LogP contribution < -0.4 is 5.43 Å². The van der Waals surface area contributed by atoms with Crippen molar-refractivity contribution in [3.8, 4) is 11.5 Å². The van der Waals surface area contributed by atoms with E-state index in [-0.39, 0.29) is 40.9 Å². The van der Waals surface area contributed by atoms with Gasteiger partial charge in [0, 0.05) is 12.1 Å². The van der Waals surface area contributed by atoms with E-state index < -0.39 is 23.4 Å². The molecule has 0 amide bonds. The van der Waals surface area contributed by atoms with Gasteiger partial charge < -0.3 is 24.8 Å². The van der Waals surface area contributed by atoms with Gasteiger partial charge in [0.15, 0.2) is 0 Å². The molecule has 6 heteroatoms. The molecule has 0 spiro atoms. The minimum atomic E-state index is -1.02. The summed E-state index contributed by atoms with van der Waals surface area (Å²) in [5, 5.41) is 38.7. The second kappa shape index (κ2) is 3.97. The first kappa shape index (κ1) is 12.0. The van der Waals surface area contributed by atoms with Crippen molar-refractivity contribution in [1.82, 2.24) is 0 Å². The molecule has 100 valence electrons. The number of benzene rings is 1. The lowest BCUT2D eigenvalue weighted by Crippen LogP contribution is -2.23. The molecule has 0 aliphatic heterocycles. The fourth-order valence-corrected chi connectivity index (χ4v) is 2.47. The Hall–Kier alpha value is -2.05. The van der Waals surface area contributed by atoms with Crippen molar-refractivity contribution in [2.45, 2.75) is 25.0 Å². The quantitative estimate of drug-likeness (QED) is 0.566. The van der Waals surface area contributed by atoms with E-state index in [9.17, 15) is 25.2 Å². The SMILES string of the molecule is O=c1c2c(oc3cc(O)cc(O)c13)[C@H](O)CC[C@@H]2O. The van der Waals surface area contributed by atoms with Crippen molar-refractivity contribution in [3.63, 3.8) is 0 Å². The predicted molar refractivity (Wildman–Crippen MR) is 65.0 cm³/mol. The maximum absolute atomic E-state index is 12.3. The number of fused-ring (bicyclic) bond motifs is 2. The Bertz CT molecular complexity index is 717. The summed E-state index contributed by atoms with van der Waals surface area (Å²) in [7, 11) is 0. The van der Waals surface area contributed by atoms with Gasteiger partial charge in [-0.1, -0.05) is 0 Å². The summed E-state index contributed by atoms with van der Waals surface area (Å²) in [6, 6.07) is 2.21.